The molecule has 1 rings (SSSR count). The first-order chi connectivity index (χ1) is 9.95. The van der Waals surface area contributed by atoms with Gasteiger partial charge in [-0.2, -0.15) is 0 Å². The first-order valence-electron chi connectivity index (χ1n) is 7.31. The molecule has 0 fully saturated rings. The summed E-state index contributed by atoms with van der Waals surface area (Å²) in [6.07, 6.45) is 0.469. The molecule has 2 N–H and O–H groups in total. The lowest BCUT2D eigenvalue weighted by Crippen LogP contribution is -2.42. The van der Waals surface area contributed by atoms with Crippen LogP contribution in [0.15, 0.2) is 24.3 Å². The highest BCUT2D eigenvalue weighted by Crippen LogP contribution is 2.17. The van der Waals surface area contributed by atoms with E-state index in [1.54, 1.807) is 13.8 Å². The van der Waals surface area contributed by atoms with Crippen LogP contribution in [0.1, 0.15) is 45.3 Å². The highest BCUT2D eigenvalue weighted by atomic mass is 19.1. The molecule has 0 radical (unpaired) electrons. The first kappa shape index (κ1) is 17.6. The van der Waals surface area contributed by atoms with Gasteiger partial charge < -0.3 is 15.2 Å². The number of nitrogens with one attached hydrogen (secondary N) is 1. The summed E-state index contributed by atoms with van der Waals surface area (Å²) < 4.78 is 18.2. The molecule has 0 aliphatic rings. The molecule has 5 heteroatoms. The molecule has 0 saturated heterocycles. The van der Waals surface area contributed by atoms with E-state index < -0.39 is 18.2 Å². The zero-order valence-electron chi connectivity index (χ0n) is 12.8. The topological polar surface area (TPSA) is 58.6 Å². The molecule has 3 atom stereocenters. The van der Waals surface area contributed by atoms with Crippen LogP contribution in [0.3, 0.4) is 0 Å². The van der Waals surface area contributed by atoms with Crippen LogP contribution in [0, 0.1) is 5.82 Å². The Morgan fingerprint density at radius 3 is 2.52 bits per heavy atom. The second-order valence-electron chi connectivity index (χ2n) is 5.16. The van der Waals surface area contributed by atoms with Gasteiger partial charge in [0.15, 0.2) is 0 Å². The summed E-state index contributed by atoms with van der Waals surface area (Å²) in [6.45, 7) is 5.97. The van der Waals surface area contributed by atoms with Gasteiger partial charge in [-0.05, 0) is 38.0 Å². The third-order valence-electron chi connectivity index (χ3n) is 3.29. The fraction of sp³-hybridized carbons (Fsp3) is 0.562. The maximum absolute atomic E-state index is 12.8. The summed E-state index contributed by atoms with van der Waals surface area (Å²) >= 11 is 0. The highest BCUT2D eigenvalue weighted by molar-refractivity contribution is 5.80. The number of carbonyl (C=O) groups excluding carboxylic acids is 1. The molecular formula is C16H24FNO3. The predicted octanol–water partition coefficient (Wildman–Crippen LogP) is 2.57. The zero-order chi connectivity index (χ0) is 15.8. The third-order valence-corrected chi connectivity index (χ3v) is 3.29. The average molecular weight is 297 g/mol. The van der Waals surface area contributed by atoms with E-state index in [-0.39, 0.29) is 11.7 Å². The van der Waals surface area contributed by atoms with Crippen molar-refractivity contribution in [3.63, 3.8) is 0 Å². The van der Waals surface area contributed by atoms with Crippen molar-refractivity contribution in [3.05, 3.63) is 35.6 Å². The molecule has 1 aromatic rings. The van der Waals surface area contributed by atoms with Gasteiger partial charge in [-0.15, -0.1) is 0 Å². The summed E-state index contributed by atoms with van der Waals surface area (Å²) in [5.74, 6) is -0.625. The van der Waals surface area contributed by atoms with Crippen LogP contribution in [0.25, 0.3) is 0 Å². The predicted molar refractivity (Wildman–Crippen MR) is 79.3 cm³/mol. The van der Waals surface area contributed by atoms with E-state index in [1.807, 2.05) is 0 Å². The summed E-state index contributed by atoms with van der Waals surface area (Å²) in [4.78, 5) is 11.9. The second kappa shape index (κ2) is 8.74. The quantitative estimate of drug-likeness (QED) is 0.725. The largest absolute Gasteiger partial charge is 0.386 e. The van der Waals surface area contributed by atoms with Crippen molar-refractivity contribution in [2.75, 3.05) is 6.61 Å². The van der Waals surface area contributed by atoms with E-state index in [0.29, 0.717) is 12.2 Å². The molecule has 0 aliphatic carbocycles. The molecule has 0 spiro atoms. The highest BCUT2D eigenvalue weighted by Gasteiger charge is 2.21. The fourth-order valence-electron chi connectivity index (χ4n) is 1.85. The van der Waals surface area contributed by atoms with Crippen molar-refractivity contribution in [2.24, 2.45) is 0 Å². The lowest BCUT2D eigenvalue weighted by molar-refractivity contribution is -0.133. The van der Waals surface area contributed by atoms with Gasteiger partial charge in [0.05, 0.1) is 12.1 Å². The van der Waals surface area contributed by atoms with Crippen molar-refractivity contribution < 1.29 is 19.0 Å². The molecule has 0 aromatic heterocycles. The summed E-state index contributed by atoms with van der Waals surface area (Å²) in [5.41, 5.74) is 0.559. The summed E-state index contributed by atoms with van der Waals surface area (Å²) in [5, 5.41) is 12.9. The van der Waals surface area contributed by atoms with Crippen LogP contribution in [-0.2, 0) is 9.53 Å². The van der Waals surface area contributed by atoms with E-state index >= 15 is 0 Å². The Morgan fingerprint density at radius 1 is 1.33 bits per heavy atom. The van der Waals surface area contributed by atoms with Crippen LogP contribution in [0.5, 0.6) is 0 Å². The Balaban J connectivity index is 2.49. The third kappa shape index (κ3) is 5.81. The van der Waals surface area contributed by atoms with Crippen molar-refractivity contribution >= 4 is 5.91 Å². The molecule has 0 heterocycles. The van der Waals surface area contributed by atoms with E-state index in [0.717, 1.165) is 12.8 Å². The first-order valence-corrected chi connectivity index (χ1v) is 7.31. The number of halogens is 1. The fourth-order valence-corrected chi connectivity index (χ4v) is 1.85. The Hall–Kier alpha value is -1.46. The average Bonchev–Trinajstić information content (AvgIpc) is 2.47. The molecule has 21 heavy (non-hydrogen) atoms. The van der Waals surface area contributed by atoms with E-state index in [1.165, 1.54) is 24.3 Å². The second-order valence-corrected chi connectivity index (χ2v) is 5.16. The van der Waals surface area contributed by atoms with Gasteiger partial charge in [-0.3, -0.25) is 4.79 Å². The summed E-state index contributed by atoms with van der Waals surface area (Å²) in [7, 11) is 0. The number of aliphatic hydroxyl groups excluding tert-OH is 1. The normalized spacial score (nSPS) is 15.3. The lowest BCUT2D eigenvalue weighted by atomic mass is 10.0. The molecule has 0 aliphatic heterocycles. The Bertz CT molecular complexity index is 436. The van der Waals surface area contributed by atoms with Crippen LogP contribution >= 0.6 is 0 Å². The van der Waals surface area contributed by atoms with Crippen LogP contribution in [-0.4, -0.2) is 29.8 Å². The molecule has 4 nitrogen and oxygen atoms in total. The Kier molecular flexibility index (Phi) is 7.32. The molecule has 1 amide bonds. The minimum Gasteiger partial charge on any atom is -0.386 e. The maximum Gasteiger partial charge on any atom is 0.249 e. The number of ether oxygens (including phenoxy) is 1. The van der Waals surface area contributed by atoms with Gasteiger partial charge >= 0.3 is 0 Å². The molecule has 0 bridgehead atoms. The van der Waals surface area contributed by atoms with Gasteiger partial charge in [-0.1, -0.05) is 25.5 Å². The van der Waals surface area contributed by atoms with E-state index in [4.69, 9.17) is 4.74 Å². The number of carbonyl (C=O) groups is 1. The summed E-state index contributed by atoms with van der Waals surface area (Å²) in [6, 6.07) is 5.08. The van der Waals surface area contributed by atoms with Crippen molar-refractivity contribution in [1.29, 1.82) is 0 Å². The minimum absolute atomic E-state index is 0.264. The zero-order valence-corrected chi connectivity index (χ0v) is 12.8. The number of hydrogen-bond acceptors (Lipinski definition) is 3. The number of aliphatic hydroxyl groups is 1. The molecule has 1 aromatic carbocycles. The van der Waals surface area contributed by atoms with Crippen LogP contribution in [0.4, 0.5) is 4.39 Å². The molecule has 0 saturated carbocycles. The van der Waals surface area contributed by atoms with E-state index in [2.05, 4.69) is 12.2 Å². The molecule has 118 valence electrons. The van der Waals surface area contributed by atoms with Gasteiger partial charge in [0.25, 0.3) is 0 Å². The van der Waals surface area contributed by atoms with Crippen molar-refractivity contribution in [1.82, 2.24) is 5.32 Å². The van der Waals surface area contributed by atoms with Crippen LogP contribution in [0.2, 0.25) is 0 Å². The monoisotopic (exact) mass is 297 g/mol. The SMILES string of the molecule is CCCCO[C@H](C)C(=O)N[C@@H](C)[C@@H](O)c1ccc(F)cc1. The smallest absolute Gasteiger partial charge is 0.249 e. The molecular weight excluding hydrogens is 273 g/mol. The Morgan fingerprint density at radius 2 is 1.95 bits per heavy atom. The van der Waals surface area contributed by atoms with Crippen molar-refractivity contribution in [2.45, 2.75) is 51.9 Å². The molecule has 0 unspecified atom stereocenters. The standard InChI is InChI=1S/C16H24FNO3/c1-4-5-10-21-12(3)16(20)18-11(2)15(19)13-6-8-14(17)9-7-13/h6-9,11-12,15,19H,4-5,10H2,1-3H3,(H,18,20)/t11-,12+,15+/m0/s1. The van der Waals surface area contributed by atoms with Gasteiger partial charge in [0, 0.05) is 6.61 Å². The minimum atomic E-state index is -0.891. The van der Waals surface area contributed by atoms with Crippen molar-refractivity contribution in [3.8, 4) is 0 Å². The number of amides is 1. The number of unbranched alkanes of at least 4 members (excludes halogenated alkanes) is 1. The number of hydrogen-bond donors (Lipinski definition) is 2. The van der Waals surface area contributed by atoms with Gasteiger partial charge in [0.1, 0.15) is 11.9 Å². The Labute approximate surface area is 125 Å². The van der Waals surface area contributed by atoms with Crippen LogP contribution < -0.4 is 5.32 Å². The van der Waals surface area contributed by atoms with E-state index in [9.17, 15) is 14.3 Å². The number of rotatable bonds is 8. The maximum atomic E-state index is 12.8. The lowest BCUT2D eigenvalue weighted by Gasteiger charge is -2.22. The number of benzene rings is 1. The van der Waals surface area contributed by atoms with Gasteiger partial charge in [0.2, 0.25) is 5.91 Å². The van der Waals surface area contributed by atoms with Gasteiger partial charge in [-0.25, -0.2) is 4.39 Å².